The van der Waals surface area contributed by atoms with Crippen LogP contribution < -0.4 is 5.32 Å². The Morgan fingerprint density at radius 3 is 2.56 bits per heavy atom. The minimum atomic E-state index is -0.205. The molecular weight excluding hydrogens is 200 g/mol. The van der Waals surface area contributed by atoms with Crippen molar-refractivity contribution < 1.29 is 5.11 Å². The fraction of sp³-hybridized carbons (Fsp3) is 1.00. The molecule has 1 aliphatic carbocycles. The van der Waals surface area contributed by atoms with Crippen LogP contribution in [0.4, 0.5) is 0 Å². The van der Waals surface area contributed by atoms with Crippen LogP contribution >= 0.6 is 0 Å². The summed E-state index contributed by atoms with van der Waals surface area (Å²) in [6.45, 7) is 7.12. The summed E-state index contributed by atoms with van der Waals surface area (Å²) < 4.78 is 0. The highest BCUT2D eigenvalue weighted by Gasteiger charge is 2.31. The van der Waals surface area contributed by atoms with E-state index in [1.54, 1.807) is 0 Å². The van der Waals surface area contributed by atoms with Crippen LogP contribution in [0.25, 0.3) is 0 Å². The van der Waals surface area contributed by atoms with Crippen molar-refractivity contribution in [3.8, 4) is 0 Å². The molecule has 3 nitrogen and oxygen atoms in total. The fourth-order valence-corrected chi connectivity index (χ4v) is 3.08. The SMILES string of the molecule is CC1(C)CN(C2CCCCC2)CC(O)CN1. The lowest BCUT2D eigenvalue weighted by molar-refractivity contribution is 0.0846. The van der Waals surface area contributed by atoms with Gasteiger partial charge in [-0.05, 0) is 26.7 Å². The van der Waals surface area contributed by atoms with Crippen molar-refractivity contribution in [2.24, 2.45) is 0 Å². The average Bonchev–Trinajstić information content (AvgIpc) is 2.39. The third-order valence-corrected chi connectivity index (χ3v) is 3.95. The van der Waals surface area contributed by atoms with E-state index in [4.69, 9.17) is 0 Å². The Hall–Kier alpha value is -0.120. The highest BCUT2D eigenvalue weighted by atomic mass is 16.3. The van der Waals surface area contributed by atoms with Crippen LogP contribution in [0.5, 0.6) is 0 Å². The number of β-amino-alcohol motifs (C(OH)–C–C–N with tert-alkyl or cyclic N) is 1. The Kier molecular flexibility index (Phi) is 3.88. The monoisotopic (exact) mass is 226 g/mol. The number of aliphatic hydroxyl groups excluding tert-OH is 1. The van der Waals surface area contributed by atoms with Gasteiger partial charge < -0.3 is 10.4 Å². The highest BCUT2D eigenvalue weighted by molar-refractivity contribution is 4.90. The van der Waals surface area contributed by atoms with Crippen molar-refractivity contribution >= 4 is 0 Å². The molecule has 0 aromatic rings. The summed E-state index contributed by atoms with van der Waals surface area (Å²) in [7, 11) is 0. The molecular formula is C13H26N2O. The van der Waals surface area contributed by atoms with Gasteiger partial charge in [0.1, 0.15) is 0 Å². The third kappa shape index (κ3) is 3.19. The van der Waals surface area contributed by atoms with Crippen LogP contribution in [-0.2, 0) is 0 Å². The van der Waals surface area contributed by atoms with Gasteiger partial charge in [0.2, 0.25) is 0 Å². The molecule has 1 unspecified atom stereocenters. The number of aliphatic hydroxyl groups is 1. The topological polar surface area (TPSA) is 35.5 Å². The molecule has 2 fully saturated rings. The highest BCUT2D eigenvalue weighted by Crippen LogP contribution is 2.25. The van der Waals surface area contributed by atoms with E-state index in [0.717, 1.165) is 19.6 Å². The van der Waals surface area contributed by atoms with Crippen LogP contribution in [0.1, 0.15) is 46.0 Å². The minimum absolute atomic E-state index is 0.134. The Morgan fingerprint density at radius 2 is 1.88 bits per heavy atom. The molecule has 0 bridgehead atoms. The van der Waals surface area contributed by atoms with Gasteiger partial charge in [-0.15, -0.1) is 0 Å². The van der Waals surface area contributed by atoms with E-state index < -0.39 is 0 Å². The zero-order valence-corrected chi connectivity index (χ0v) is 10.7. The van der Waals surface area contributed by atoms with Crippen LogP contribution in [0, 0.1) is 0 Å². The molecule has 1 saturated carbocycles. The summed E-state index contributed by atoms with van der Waals surface area (Å²) in [6, 6.07) is 0.711. The smallest absolute Gasteiger partial charge is 0.0791 e. The molecule has 2 N–H and O–H groups in total. The zero-order valence-electron chi connectivity index (χ0n) is 10.7. The van der Waals surface area contributed by atoms with Gasteiger partial charge in [0.15, 0.2) is 0 Å². The Bertz CT molecular complexity index is 224. The molecule has 1 heterocycles. The predicted molar refractivity (Wildman–Crippen MR) is 66.5 cm³/mol. The first-order valence-corrected chi connectivity index (χ1v) is 6.74. The van der Waals surface area contributed by atoms with Crippen LogP contribution in [0.15, 0.2) is 0 Å². The summed E-state index contributed by atoms with van der Waals surface area (Å²) in [6.07, 6.45) is 6.57. The quantitative estimate of drug-likeness (QED) is 0.709. The lowest BCUT2D eigenvalue weighted by Crippen LogP contribution is -2.49. The molecule has 1 saturated heterocycles. The Morgan fingerprint density at radius 1 is 1.19 bits per heavy atom. The number of nitrogens with zero attached hydrogens (tertiary/aromatic N) is 1. The summed E-state index contributed by atoms with van der Waals surface area (Å²) in [5.41, 5.74) is 0.134. The lowest BCUT2D eigenvalue weighted by Gasteiger charge is -2.37. The molecule has 2 rings (SSSR count). The number of hydrogen-bond donors (Lipinski definition) is 2. The largest absolute Gasteiger partial charge is 0.390 e. The summed E-state index contributed by atoms with van der Waals surface area (Å²) in [4.78, 5) is 2.52. The first-order chi connectivity index (χ1) is 7.57. The summed E-state index contributed by atoms with van der Waals surface area (Å²) in [5.74, 6) is 0. The average molecular weight is 226 g/mol. The number of hydrogen-bond acceptors (Lipinski definition) is 3. The van der Waals surface area contributed by atoms with Crippen molar-refractivity contribution in [2.45, 2.75) is 63.6 Å². The van der Waals surface area contributed by atoms with Crippen molar-refractivity contribution in [1.82, 2.24) is 10.2 Å². The Labute approximate surface area is 99.2 Å². The van der Waals surface area contributed by atoms with Crippen molar-refractivity contribution in [1.29, 1.82) is 0 Å². The van der Waals surface area contributed by atoms with Gasteiger partial charge in [0.05, 0.1) is 6.10 Å². The van der Waals surface area contributed by atoms with Crippen LogP contribution in [0.3, 0.4) is 0 Å². The molecule has 0 amide bonds. The van der Waals surface area contributed by atoms with Crippen molar-refractivity contribution in [3.63, 3.8) is 0 Å². The second kappa shape index (κ2) is 5.03. The minimum Gasteiger partial charge on any atom is -0.390 e. The van der Waals surface area contributed by atoms with Gasteiger partial charge in [0.25, 0.3) is 0 Å². The normalized spacial score (nSPS) is 33.6. The van der Waals surface area contributed by atoms with E-state index in [1.165, 1.54) is 32.1 Å². The van der Waals surface area contributed by atoms with Gasteiger partial charge in [-0.2, -0.15) is 0 Å². The molecule has 3 heteroatoms. The maximum atomic E-state index is 9.92. The Balaban J connectivity index is 1.99. The summed E-state index contributed by atoms with van der Waals surface area (Å²) >= 11 is 0. The van der Waals surface area contributed by atoms with E-state index in [9.17, 15) is 5.11 Å². The molecule has 0 radical (unpaired) electrons. The third-order valence-electron chi connectivity index (χ3n) is 3.95. The maximum absolute atomic E-state index is 9.92. The fourth-order valence-electron chi connectivity index (χ4n) is 3.08. The van der Waals surface area contributed by atoms with Gasteiger partial charge in [-0.25, -0.2) is 0 Å². The van der Waals surface area contributed by atoms with Crippen LogP contribution in [-0.4, -0.2) is 47.3 Å². The van der Waals surface area contributed by atoms with Gasteiger partial charge >= 0.3 is 0 Å². The molecule has 1 aliphatic heterocycles. The first-order valence-electron chi connectivity index (χ1n) is 6.74. The van der Waals surface area contributed by atoms with Crippen LogP contribution in [0.2, 0.25) is 0 Å². The zero-order chi connectivity index (χ0) is 11.6. The second-order valence-corrected chi connectivity index (χ2v) is 6.14. The molecule has 16 heavy (non-hydrogen) atoms. The second-order valence-electron chi connectivity index (χ2n) is 6.14. The predicted octanol–water partition coefficient (Wildman–Crippen LogP) is 1.36. The maximum Gasteiger partial charge on any atom is 0.0791 e. The summed E-state index contributed by atoms with van der Waals surface area (Å²) in [5, 5.41) is 13.4. The molecule has 0 spiro atoms. The molecule has 0 aromatic heterocycles. The molecule has 0 aromatic carbocycles. The van der Waals surface area contributed by atoms with Gasteiger partial charge in [0, 0.05) is 31.2 Å². The number of nitrogens with one attached hydrogen (secondary N) is 1. The standard InChI is InChI=1S/C13H26N2O/c1-13(2)10-15(9-12(16)8-14-13)11-6-4-3-5-7-11/h11-12,14,16H,3-10H2,1-2H3. The van der Waals surface area contributed by atoms with E-state index in [2.05, 4.69) is 24.1 Å². The van der Waals surface area contributed by atoms with E-state index >= 15 is 0 Å². The van der Waals surface area contributed by atoms with Crippen molar-refractivity contribution in [2.75, 3.05) is 19.6 Å². The van der Waals surface area contributed by atoms with Gasteiger partial charge in [-0.1, -0.05) is 19.3 Å². The first kappa shape index (κ1) is 12.3. The lowest BCUT2D eigenvalue weighted by atomic mass is 9.93. The van der Waals surface area contributed by atoms with E-state index in [1.807, 2.05) is 0 Å². The van der Waals surface area contributed by atoms with Crippen molar-refractivity contribution in [3.05, 3.63) is 0 Å². The molecule has 2 aliphatic rings. The molecule has 1 atom stereocenters. The van der Waals surface area contributed by atoms with Gasteiger partial charge in [-0.3, -0.25) is 4.90 Å². The van der Waals surface area contributed by atoms with E-state index in [-0.39, 0.29) is 11.6 Å². The van der Waals surface area contributed by atoms with E-state index in [0.29, 0.717) is 6.04 Å². The number of rotatable bonds is 1. The molecule has 94 valence electrons.